The molecule has 0 radical (unpaired) electrons. The first kappa shape index (κ1) is 28.1. The maximum absolute atomic E-state index is 12.8. The molecule has 0 spiro atoms. The molecule has 1 atom stereocenters. The van der Waals surface area contributed by atoms with Crippen LogP contribution in [0, 0.1) is 5.92 Å². The predicted molar refractivity (Wildman–Crippen MR) is 149 cm³/mol. The van der Waals surface area contributed by atoms with Crippen molar-refractivity contribution in [2.45, 2.75) is 72.1 Å². The molecule has 10 heteroatoms. The Hall–Kier alpha value is -3.95. The summed E-state index contributed by atoms with van der Waals surface area (Å²) in [6.45, 7) is 9.71. The fraction of sp³-hybridized carbons (Fsp3) is 0.483. The van der Waals surface area contributed by atoms with Crippen LogP contribution in [0.2, 0.25) is 0 Å². The first-order valence-electron chi connectivity index (χ1n) is 13.6. The third-order valence-corrected chi connectivity index (χ3v) is 6.95. The van der Waals surface area contributed by atoms with E-state index in [9.17, 15) is 14.4 Å². The van der Waals surface area contributed by atoms with Gasteiger partial charge in [-0.3, -0.25) is 9.78 Å². The number of amides is 4. The number of fused-ring (bicyclic) bond motifs is 1. The summed E-state index contributed by atoms with van der Waals surface area (Å²) < 4.78 is 5.47. The number of benzene rings is 1. The van der Waals surface area contributed by atoms with Gasteiger partial charge in [-0.1, -0.05) is 32.4 Å². The number of nitrogens with one attached hydrogen (secondary N) is 2. The largest absolute Gasteiger partial charge is 0.444 e. The Morgan fingerprint density at radius 1 is 1.13 bits per heavy atom. The van der Waals surface area contributed by atoms with E-state index in [4.69, 9.17) is 4.74 Å². The summed E-state index contributed by atoms with van der Waals surface area (Å²) in [5.74, 6) is -0.0663. The molecule has 4 amide bonds. The first-order chi connectivity index (χ1) is 18.6. The number of carbonyl (C=O) groups excluding carboxylic acids is 3. The summed E-state index contributed by atoms with van der Waals surface area (Å²) in [7, 11) is 0. The van der Waals surface area contributed by atoms with Crippen LogP contribution in [0.3, 0.4) is 0 Å². The van der Waals surface area contributed by atoms with Crippen LogP contribution in [0.1, 0.15) is 70.1 Å². The number of alkyl carbamates (subject to hydrolysis) is 1. The molecule has 2 N–H and O–H groups in total. The van der Waals surface area contributed by atoms with Gasteiger partial charge in [0.25, 0.3) is 0 Å². The Kier molecular flexibility index (Phi) is 8.83. The Bertz CT molecular complexity index is 1200. The van der Waals surface area contributed by atoms with E-state index in [0.29, 0.717) is 44.7 Å². The van der Waals surface area contributed by atoms with E-state index < -0.39 is 11.7 Å². The van der Waals surface area contributed by atoms with Crippen LogP contribution in [-0.4, -0.2) is 57.3 Å². The lowest BCUT2D eigenvalue weighted by atomic mass is 9.93. The number of anilines is 1. The van der Waals surface area contributed by atoms with Crippen molar-refractivity contribution in [3.05, 3.63) is 59.4 Å². The lowest BCUT2D eigenvalue weighted by Crippen LogP contribution is -2.39. The number of hydrogen-bond donors (Lipinski definition) is 2. The number of ether oxygens (including phenoxy) is 1. The monoisotopic (exact) mass is 534 g/mol. The number of carbonyl (C=O) groups is 3. The molecule has 2 aliphatic rings. The highest BCUT2D eigenvalue weighted by Gasteiger charge is 2.28. The molecule has 1 aromatic carbocycles. The van der Waals surface area contributed by atoms with Gasteiger partial charge in [0.05, 0.1) is 5.71 Å². The zero-order valence-electron chi connectivity index (χ0n) is 23.2. The van der Waals surface area contributed by atoms with Crippen molar-refractivity contribution < 1.29 is 19.1 Å². The molecule has 2 aliphatic heterocycles. The molecule has 0 bridgehead atoms. The summed E-state index contributed by atoms with van der Waals surface area (Å²) in [5, 5.41) is 11.9. The highest BCUT2D eigenvalue weighted by Crippen LogP contribution is 2.24. The summed E-state index contributed by atoms with van der Waals surface area (Å²) >= 11 is 0. The smallest absolute Gasteiger partial charge is 0.407 e. The number of rotatable bonds is 9. The normalized spacial score (nSPS) is 17.0. The second-order valence-corrected chi connectivity index (χ2v) is 10.8. The fourth-order valence-corrected chi connectivity index (χ4v) is 4.91. The van der Waals surface area contributed by atoms with Gasteiger partial charge < -0.3 is 20.3 Å². The van der Waals surface area contributed by atoms with Crippen molar-refractivity contribution in [3.8, 4) is 0 Å². The lowest BCUT2D eigenvalue weighted by Gasteiger charge is -2.28. The molecular formula is C29H38N6O4. The fourth-order valence-electron chi connectivity index (χ4n) is 4.91. The van der Waals surface area contributed by atoms with Crippen LogP contribution in [0.15, 0.2) is 47.8 Å². The third-order valence-electron chi connectivity index (χ3n) is 6.95. The number of pyridine rings is 1. The number of urea groups is 1. The van der Waals surface area contributed by atoms with Gasteiger partial charge in [0.1, 0.15) is 5.60 Å². The van der Waals surface area contributed by atoms with Gasteiger partial charge in [-0.05, 0) is 61.6 Å². The highest BCUT2D eigenvalue weighted by atomic mass is 16.6. The minimum Gasteiger partial charge on any atom is -0.444 e. The van der Waals surface area contributed by atoms with E-state index in [1.54, 1.807) is 17.3 Å². The maximum Gasteiger partial charge on any atom is 0.407 e. The van der Waals surface area contributed by atoms with Gasteiger partial charge in [-0.25, -0.2) is 14.6 Å². The standard InChI is InChI=1S/C29H38N6O4/c1-5-12-29(3,4)39-28(38)31-13-6-15-35-25(36)16-20(2)26(33-35)21-7-9-24(10-8-21)32-27(37)34-18-22-11-14-30-17-23(22)19-34/h7-11,14,17,20H,5-6,12-13,15-16,18-19H2,1-4H3,(H,31,38)(H,32,37). The molecule has 208 valence electrons. The van der Waals surface area contributed by atoms with E-state index in [1.165, 1.54) is 5.01 Å². The minimum atomic E-state index is -0.507. The van der Waals surface area contributed by atoms with Crippen molar-refractivity contribution in [1.82, 2.24) is 20.2 Å². The van der Waals surface area contributed by atoms with Gasteiger partial charge in [0.2, 0.25) is 5.91 Å². The van der Waals surface area contributed by atoms with Crippen LogP contribution < -0.4 is 10.6 Å². The van der Waals surface area contributed by atoms with Crippen molar-refractivity contribution in [2.75, 3.05) is 18.4 Å². The van der Waals surface area contributed by atoms with E-state index in [2.05, 4.69) is 20.7 Å². The molecule has 0 saturated carbocycles. The quantitative estimate of drug-likeness (QED) is 0.444. The molecule has 10 nitrogen and oxygen atoms in total. The SMILES string of the molecule is CCCC(C)(C)OC(=O)NCCCN1N=C(c2ccc(NC(=O)N3Cc4ccncc4C3)cc2)C(C)CC1=O. The van der Waals surface area contributed by atoms with Gasteiger partial charge in [0.15, 0.2) is 0 Å². The first-order valence-corrected chi connectivity index (χ1v) is 13.6. The molecule has 39 heavy (non-hydrogen) atoms. The van der Waals surface area contributed by atoms with Crippen LogP contribution >= 0.6 is 0 Å². The second kappa shape index (κ2) is 12.3. The molecular weight excluding hydrogens is 496 g/mol. The Labute approximate surface area is 229 Å². The van der Waals surface area contributed by atoms with Crippen molar-refractivity contribution >= 4 is 29.4 Å². The van der Waals surface area contributed by atoms with Crippen LogP contribution in [-0.2, 0) is 22.6 Å². The van der Waals surface area contributed by atoms with Gasteiger partial charge in [-0.15, -0.1) is 0 Å². The zero-order chi connectivity index (χ0) is 28.0. The summed E-state index contributed by atoms with van der Waals surface area (Å²) in [5.41, 5.74) is 4.09. The molecule has 0 fully saturated rings. The van der Waals surface area contributed by atoms with Crippen LogP contribution in [0.25, 0.3) is 0 Å². The van der Waals surface area contributed by atoms with Gasteiger partial charge in [0, 0.05) is 56.6 Å². The molecule has 4 rings (SSSR count). The molecule has 2 aromatic rings. The summed E-state index contributed by atoms with van der Waals surface area (Å²) in [4.78, 5) is 43.3. The Balaban J connectivity index is 1.30. The van der Waals surface area contributed by atoms with E-state index in [-0.39, 0.29) is 17.9 Å². The molecule has 0 aliphatic carbocycles. The second-order valence-electron chi connectivity index (χ2n) is 10.8. The van der Waals surface area contributed by atoms with Gasteiger partial charge in [-0.2, -0.15) is 5.10 Å². The average Bonchev–Trinajstić information content (AvgIpc) is 3.32. The topological polar surface area (TPSA) is 116 Å². The Morgan fingerprint density at radius 3 is 2.59 bits per heavy atom. The zero-order valence-corrected chi connectivity index (χ0v) is 23.2. The van der Waals surface area contributed by atoms with Gasteiger partial charge >= 0.3 is 12.1 Å². The van der Waals surface area contributed by atoms with Crippen LogP contribution in [0.4, 0.5) is 15.3 Å². The average molecular weight is 535 g/mol. The molecule has 1 unspecified atom stereocenters. The number of aromatic nitrogens is 1. The highest BCUT2D eigenvalue weighted by molar-refractivity contribution is 6.06. The molecule has 3 heterocycles. The Morgan fingerprint density at radius 2 is 1.87 bits per heavy atom. The third kappa shape index (κ3) is 7.34. The number of hydrogen-bond acceptors (Lipinski definition) is 6. The van der Waals surface area contributed by atoms with Crippen molar-refractivity contribution in [3.63, 3.8) is 0 Å². The van der Waals surface area contributed by atoms with Crippen LogP contribution in [0.5, 0.6) is 0 Å². The number of hydrazone groups is 1. The maximum atomic E-state index is 12.8. The summed E-state index contributed by atoms with van der Waals surface area (Å²) in [6, 6.07) is 9.31. The minimum absolute atomic E-state index is 0.0280. The lowest BCUT2D eigenvalue weighted by molar-refractivity contribution is -0.132. The molecule has 1 aromatic heterocycles. The number of nitrogens with zero attached hydrogens (tertiary/aromatic N) is 4. The van der Waals surface area contributed by atoms with Crippen molar-refractivity contribution in [1.29, 1.82) is 0 Å². The predicted octanol–water partition coefficient (Wildman–Crippen LogP) is 4.90. The molecule has 0 saturated heterocycles. The van der Waals surface area contributed by atoms with E-state index >= 15 is 0 Å². The summed E-state index contributed by atoms with van der Waals surface area (Å²) in [6.07, 6.45) is 5.73. The van der Waals surface area contributed by atoms with E-state index in [1.807, 2.05) is 58.0 Å². The van der Waals surface area contributed by atoms with E-state index in [0.717, 1.165) is 35.2 Å². The van der Waals surface area contributed by atoms with Crippen molar-refractivity contribution in [2.24, 2.45) is 11.0 Å².